The van der Waals surface area contributed by atoms with E-state index in [0.717, 1.165) is 0 Å². The van der Waals surface area contributed by atoms with Crippen LogP contribution in [0.3, 0.4) is 0 Å². The van der Waals surface area contributed by atoms with Crippen molar-refractivity contribution >= 4 is 17.0 Å². The Kier molecular flexibility index (Phi) is 4.24. The van der Waals surface area contributed by atoms with Gasteiger partial charge in [-0.2, -0.15) is 0 Å². The lowest BCUT2D eigenvalue weighted by Crippen LogP contribution is -2.21. The number of imidazole rings is 1. The van der Waals surface area contributed by atoms with Crippen molar-refractivity contribution in [1.82, 2.24) is 9.55 Å². The van der Waals surface area contributed by atoms with Crippen molar-refractivity contribution in [2.45, 2.75) is 20.4 Å². The highest BCUT2D eigenvalue weighted by molar-refractivity contribution is 6.01. The number of fused-ring (bicyclic) bond motifs is 1. The number of aromatic carboxylic acids is 1. The quantitative estimate of drug-likeness (QED) is 0.788. The van der Waals surface area contributed by atoms with Crippen molar-refractivity contribution < 1.29 is 14.6 Å². The number of carbonyl (C=O) groups is 1. The molecule has 2 N–H and O–H groups in total. The molecule has 0 saturated heterocycles. The fraction of sp³-hybridized carbons (Fsp3) is 0.429. The molecule has 0 aliphatic carbocycles. The van der Waals surface area contributed by atoms with Gasteiger partial charge in [0.25, 0.3) is 0 Å². The Morgan fingerprint density at radius 3 is 2.85 bits per heavy atom. The molecule has 0 fully saturated rings. The van der Waals surface area contributed by atoms with Gasteiger partial charge in [-0.15, -0.1) is 0 Å². The molecular formula is C14H18N2O4. The molecule has 0 unspecified atom stereocenters. The standard InChI is InChI=1S/C14H18N2O4/c1-9(2)8-20-7-6-16-12-10(13(17)18)4-3-5-11(12)15-14(16)19/h3-5,9H,6-8H2,1-2H3,(H,15,19)(H,17,18). The fourth-order valence-corrected chi connectivity index (χ4v) is 2.08. The first-order valence-electron chi connectivity index (χ1n) is 6.53. The first kappa shape index (κ1) is 14.3. The van der Waals surface area contributed by atoms with Gasteiger partial charge in [0, 0.05) is 6.61 Å². The number of H-pyrrole nitrogens is 1. The highest BCUT2D eigenvalue weighted by Crippen LogP contribution is 2.16. The summed E-state index contributed by atoms with van der Waals surface area (Å²) in [6.45, 7) is 5.40. The average Bonchev–Trinajstić information content (AvgIpc) is 2.70. The number of carboxylic acid groups (broad SMARTS) is 1. The van der Waals surface area contributed by atoms with E-state index in [9.17, 15) is 14.7 Å². The van der Waals surface area contributed by atoms with Crippen LogP contribution in [0, 0.1) is 5.92 Å². The van der Waals surface area contributed by atoms with Gasteiger partial charge in [0.1, 0.15) is 0 Å². The van der Waals surface area contributed by atoms with Gasteiger partial charge in [-0.3, -0.25) is 4.57 Å². The highest BCUT2D eigenvalue weighted by Gasteiger charge is 2.15. The number of nitrogens with one attached hydrogen (secondary N) is 1. The molecule has 0 atom stereocenters. The normalized spacial score (nSPS) is 11.3. The van der Waals surface area contributed by atoms with E-state index in [0.29, 0.717) is 36.7 Å². The smallest absolute Gasteiger partial charge is 0.337 e. The first-order valence-corrected chi connectivity index (χ1v) is 6.53. The Bertz CT molecular complexity index is 669. The van der Waals surface area contributed by atoms with Gasteiger partial charge in [-0.05, 0) is 18.1 Å². The summed E-state index contributed by atoms with van der Waals surface area (Å²) in [6, 6.07) is 4.79. The van der Waals surface area contributed by atoms with E-state index in [4.69, 9.17) is 4.74 Å². The van der Waals surface area contributed by atoms with Crippen molar-refractivity contribution in [2.24, 2.45) is 5.92 Å². The summed E-state index contributed by atoms with van der Waals surface area (Å²) in [5.74, 6) is -0.629. The van der Waals surface area contributed by atoms with Gasteiger partial charge in [-0.25, -0.2) is 9.59 Å². The molecule has 0 aliphatic heterocycles. The Morgan fingerprint density at radius 1 is 1.45 bits per heavy atom. The molecule has 1 aromatic carbocycles. The third kappa shape index (κ3) is 2.91. The summed E-state index contributed by atoms with van der Waals surface area (Å²) in [7, 11) is 0. The topological polar surface area (TPSA) is 84.3 Å². The van der Waals surface area contributed by atoms with E-state index in [1.54, 1.807) is 12.1 Å². The maximum absolute atomic E-state index is 11.9. The zero-order valence-corrected chi connectivity index (χ0v) is 11.5. The first-order chi connectivity index (χ1) is 9.50. The number of aromatic amines is 1. The minimum Gasteiger partial charge on any atom is -0.478 e. The van der Waals surface area contributed by atoms with E-state index in [-0.39, 0.29) is 11.3 Å². The van der Waals surface area contributed by atoms with Crippen LogP contribution in [-0.2, 0) is 11.3 Å². The van der Waals surface area contributed by atoms with E-state index in [1.165, 1.54) is 10.6 Å². The van der Waals surface area contributed by atoms with Gasteiger partial charge < -0.3 is 14.8 Å². The number of ether oxygens (including phenoxy) is 1. The molecule has 6 heteroatoms. The van der Waals surface area contributed by atoms with E-state index in [1.807, 2.05) is 13.8 Å². The number of nitrogens with zero attached hydrogens (tertiary/aromatic N) is 1. The second-order valence-electron chi connectivity index (χ2n) is 5.06. The molecule has 108 valence electrons. The zero-order chi connectivity index (χ0) is 14.7. The number of benzene rings is 1. The van der Waals surface area contributed by atoms with Gasteiger partial charge >= 0.3 is 11.7 Å². The third-order valence-corrected chi connectivity index (χ3v) is 2.93. The predicted octanol–water partition coefficient (Wildman–Crippen LogP) is 1.70. The second kappa shape index (κ2) is 5.92. The highest BCUT2D eigenvalue weighted by atomic mass is 16.5. The molecule has 0 amide bonds. The zero-order valence-electron chi connectivity index (χ0n) is 11.5. The van der Waals surface area contributed by atoms with Crippen LogP contribution in [0.15, 0.2) is 23.0 Å². The summed E-state index contributed by atoms with van der Waals surface area (Å²) >= 11 is 0. The maximum atomic E-state index is 11.9. The SMILES string of the molecule is CC(C)COCCn1c(=O)[nH]c2cccc(C(=O)O)c21. The molecule has 0 bridgehead atoms. The van der Waals surface area contributed by atoms with Crippen molar-refractivity contribution in [1.29, 1.82) is 0 Å². The molecule has 0 spiro atoms. The number of hydrogen-bond acceptors (Lipinski definition) is 3. The third-order valence-electron chi connectivity index (χ3n) is 2.93. The van der Waals surface area contributed by atoms with E-state index in [2.05, 4.69) is 4.98 Å². The monoisotopic (exact) mass is 278 g/mol. The number of rotatable bonds is 6. The van der Waals surface area contributed by atoms with Crippen LogP contribution < -0.4 is 5.69 Å². The summed E-state index contributed by atoms with van der Waals surface area (Å²) in [5, 5.41) is 9.20. The lowest BCUT2D eigenvalue weighted by atomic mass is 10.2. The average molecular weight is 278 g/mol. The van der Waals surface area contributed by atoms with Crippen molar-refractivity contribution in [3.63, 3.8) is 0 Å². The van der Waals surface area contributed by atoms with Gasteiger partial charge in [0.05, 0.1) is 29.7 Å². The van der Waals surface area contributed by atoms with Crippen LogP contribution in [0.5, 0.6) is 0 Å². The van der Waals surface area contributed by atoms with E-state index < -0.39 is 5.97 Å². The fourth-order valence-electron chi connectivity index (χ4n) is 2.08. The summed E-state index contributed by atoms with van der Waals surface area (Å²) < 4.78 is 6.87. The minimum absolute atomic E-state index is 0.115. The minimum atomic E-state index is -1.05. The van der Waals surface area contributed by atoms with Crippen LogP contribution in [0.25, 0.3) is 11.0 Å². The number of aromatic nitrogens is 2. The Morgan fingerprint density at radius 2 is 2.20 bits per heavy atom. The maximum Gasteiger partial charge on any atom is 0.337 e. The lowest BCUT2D eigenvalue weighted by molar-refractivity contribution is 0.0698. The number of carboxylic acids is 1. The van der Waals surface area contributed by atoms with Gasteiger partial charge in [0.2, 0.25) is 0 Å². The molecule has 2 rings (SSSR count). The molecule has 0 aliphatic rings. The molecule has 1 heterocycles. The largest absolute Gasteiger partial charge is 0.478 e. The number of para-hydroxylation sites is 1. The van der Waals surface area contributed by atoms with Crippen molar-refractivity contribution in [2.75, 3.05) is 13.2 Å². The Balaban J connectivity index is 2.30. The summed E-state index contributed by atoms with van der Waals surface area (Å²) in [4.78, 5) is 25.8. The molecule has 0 radical (unpaired) electrons. The van der Waals surface area contributed by atoms with Crippen LogP contribution >= 0.6 is 0 Å². The second-order valence-corrected chi connectivity index (χ2v) is 5.06. The van der Waals surface area contributed by atoms with Crippen molar-refractivity contribution in [3.05, 3.63) is 34.2 Å². The molecule has 0 saturated carbocycles. The van der Waals surface area contributed by atoms with Gasteiger partial charge in [0.15, 0.2) is 0 Å². The van der Waals surface area contributed by atoms with Crippen LogP contribution in [0.1, 0.15) is 24.2 Å². The molecule has 2 aromatic rings. The number of hydrogen-bond donors (Lipinski definition) is 2. The van der Waals surface area contributed by atoms with Crippen LogP contribution in [-0.4, -0.2) is 33.8 Å². The summed E-state index contributed by atoms with van der Waals surface area (Å²) in [5.41, 5.74) is 0.739. The van der Waals surface area contributed by atoms with Crippen molar-refractivity contribution in [3.8, 4) is 0 Å². The van der Waals surface area contributed by atoms with Crippen LogP contribution in [0.2, 0.25) is 0 Å². The summed E-state index contributed by atoms with van der Waals surface area (Å²) in [6.07, 6.45) is 0. The van der Waals surface area contributed by atoms with Crippen LogP contribution in [0.4, 0.5) is 0 Å². The molecule has 20 heavy (non-hydrogen) atoms. The predicted molar refractivity (Wildman–Crippen MR) is 75.2 cm³/mol. The molecule has 6 nitrogen and oxygen atoms in total. The van der Waals surface area contributed by atoms with E-state index >= 15 is 0 Å². The van der Waals surface area contributed by atoms with Gasteiger partial charge in [-0.1, -0.05) is 19.9 Å². The Labute approximate surface area is 116 Å². The Hall–Kier alpha value is -2.08. The lowest BCUT2D eigenvalue weighted by Gasteiger charge is -2.08. The molecular weight excluding hydrogens is 260 g/mol. The molecule has 1 aromatic heterocycles.